The predicted molar refractivity (Wildman–Crippen MR) is 101 cm³/mol. The minimum Gasteiger partial charge on any atom is -0.309 e. The first-order chi connectivity index (χ1) is 13.8. The number of fused-ring (bicyclic) bond motifs is 1. The molecule has 0 aliphatic carbocycles. The zero-order chi connectivity index (χ0) is 20.8. The summed E-state index contributed by atoms with van der Waals surface area (Å²) in [5.41, 5.74) is -0.725. The number of allylic oxidation sites excluding steroid dienone is 1. The molecular weight excluding hydrogens is 385 g/mol. The fraction of sp³-hybridized carbons (Fsp3) is 0.263. The first kappa shape index (κ1) is 18.9. The van der Waals surface area contributed by atoms with E-state index in [9.17, 15) is 18.0 Å². The number of hydrazone groups is 1. The molecule has 0 radical (unpaired) electrons. The third kappa shape index (κ3) is 3.41. The number of carbonyl (C=O) groups is 1. The molecule has 0 bridgehead atoms. The molecule has 7 nitrogen and oxygen atoms in total. The number of benzene rings is 1. The minimum absolute atomic E-state index is 0.0550. The Kier molecular flexibility index (Phi) is 4.48. The summed E-state index contributed by atoms with van der Waals surface area (Å²) in [6.45, 7) is 1.76. The highest BCUT2D eigenvalue weighted by atomic mass is 19.4. The Labute approximate surface area is 164 Å². The Bertz CT molecular complexity index is 1050. The fourth-order valence-corrected chi connectivity index (χ4v) is 3.35. The number of amides is 1. The van der Waals surface area contributed by atoms with E-state index in [4.69, 9.17) is 0 Å². The van der Waals surface area contributed by atoms with Crippen LogP contribution in [0.2, 0.25) is 0 Å². The quantitative estimate of drug-likeness (QED) is 0.858. The number of hydrogen-bond acceptors (Lipinski definition) is 5. The standard InChI is InChI=1S/C19H17F3N6O/c1-11-17(18(29)25-15-9-10-23-27(15)2)28-16(24-11)8-7-14(26-28)12-5-3-4-6-13(12)19(20,21)22/h3-11,17H,1-2H3,(H,25,29). The van der Waals surface area contributed by atoms with E-state index < -0.39 is 23.8 Å². The number of aliphatic imine (C=N–C) groups is 1. The third-order valence-electron chi connectivity index (χ3n) is 4.75. The van der Waals surface area contributed by atoms with Crippen molar-refractivity contribution < 1.29 is 18.0 Å². The molecule has 2 aliphatic heterocycles. The van der Waals surface area contributed by atoms with Crippen molar-refractivity contribution in [3.05, 3.63) is 59.8 Å². The summed E-state index contributed by atoms with van der Waals surface area (Å²) in [6, 6.07) is 5.64. The normalized spacial score (nSPS) is 20.9. The van der Waals surface area contributed by atoms with Gasteiger partial charge in [-0.1, -0.05) is 18.2 Å². The molecule has 0 spiro atoms. The van der Waals surface area contributed by atoms with Crippen LogP contribution >= 0.6 is 0 Å². The summed E-state index contributed by atoms with van der Waals surface area (Å²) in [6.07, 6.45) is 0.0802. The Morgan fingerprint density at radius 2 is 1.93 bits per heavy atom. The van der Waals surface area contributed by atoms with Gasteiger partial charge in [-0.2, -0.15) is 23.4 Å². The van der Waals surface area contributed by atoms with Crippen molar-refractivity contribution in [2.24, 2.45) is 17.1 Å². The highest BCUT2D eigenvalue weighted by molar-refractivity contribution is 6.16. The van der Waals surface area contributed by atoms with Crippen LogP contribution in [0.1, 0.15) is 18.1 Å². The summed E-state index contributed by atoms with van der Waals surface area (Å²) in [4.78, 5) is 17.3. The number of alkyl halides is 3. The van der Waals surface area contributed by atoms with Gasteiger partial charge < -0.3 is 5.32 Å². The van der Waals surface area contributed by atoms with Gasteiger partial charge in [-0.3, -0.25) is 14.5 Å². The Morgan fingerprint density at radius 1 is 1.17 bits per heavy atom. The maximum Gasteiger partial charge on any atom is 0.417 e. The molecule has 2 aromatic rings. The molecule has 0 fully saturated rings. The summed E-state index contributed by atoms with van der Waals surface area (Å²) >= 11 is 0. The Morgan fingerprint density at radius 3 is 2.62 bits per heavy atom. The van der Waals surface area contributed by atoms with Crippen molar-refractivity contribution in [1.82, 2.24) is 14.8 Å². The number of carbonyl (C=O) groups excluding carboxylic acids is 1. The monoisotopic (exact) mass is 402 g/mol. The largest absolute Gasteiger partial charge is 0.417 e. The van der Waals surface area contributed by atoms with Crippen molar-refractivity contribution >= 4 is 23.3 Å². The number of aryl methyl sites for hydroxylation is 1. The smallest absolute Gasteiger partial charge is 0.309 e. The van der Waals surface area contributed by atoms with Crippen molar-refractivity contribution in [2.45, 2.75) is 25.2 Å². The van der Waals surface area contributed by atoms with E-state index in [2.05, 4.69) is 20.5 Å². The van der Waals surface area contributed by atoms with Crippen LogP contribution in [0.15, 0.2) is 58.8 Å². The van der Waals surface area contributed by atoms with Gasteiger partial charge in [0.15, 0.2) is 6.04 Å². The lowest BCUT2D eigenvalue weighted by Crippen LogP contribution is -2.45. The van der Waals surface area contributed by atoms with E-state index in [-0.39, 0.29) is 17.2 Å². The van der Waals surface area contributed by atoms with Gasteiger partial charge in [-0.05, 0) is 25.1 Å². The fourth-order valence-electron chi connectivity index (χ4n) is 3.35. The SMILES string of the molecule is CC1N=C2C=CC(c3ccccc3C(F)(F)F)=NN2C1C(=O)Nc1ccnn1C. The van der Waals surface area contributed by atoms with Crippen LogP contribution in [0.25, 0.3) is 0 Å². The number of nitrogens with zero attached hydrogens (tertiary/aromatic N) is 5. The minimum atomic E-state index is -4.52. The maximum atomic E-state index is 13.4. The highest BCUT2D eigenvalue weighted by Gasteiger charge is 2.41. The second-order valence-corrected chi connectivity index (χ2v) is 6.71. The van der Waals surface area contributed by atoms with Crippen molar-refractivity contribution in [3.63, 3.8) is 0 Å². The summed E-state index contributed by atoms with van der Waals surface area (Å²) in [5, 5.41) is 12.5. The second-order valence-electron chi connectivity index (χ2n) is 6.71. The first-order valence-corrected chi connectivity index (χ1v) is 8.85. The van der Waals surface area contributed by atoms with Gasteiger partial charge in [0.1, 0.15) is 11.7 Å². The molecule has 10 heteroatoms. The van der Waals surface area contributed by atoms with Crippen LogP contribution in [0.4, 0.5) is 19.0 Å². The van der Waals surface area contributed by atoms with Gasteiger partial charge in [0.2, 0.25) is 0 Å². The van der Waals surface area contributed by atoms with Crippen LogP contribution in [-0.4, -0.2) is 44.3 Å². The highest BCUT2D eigenvalue weighted by Crippen LogP contribution is 2.33. The first-order valence-electron chi connectivity index (χ1n) is 8.85. The lowest BCUT2D eigenvalue weighted by Gasteiger charge is -2.26. The number of anilines is 1. The van der Waals surface area contributed by atoms with E-state index in [1.807, 2.05) is 0 Å². The van der Waals surface area contributed by atoms with Gasteiger partial charge in [0, 0.05) is 18.7 Å². The molecule has 2 atom stereocenters. The topological polar surface area (TPSA) is 74.9 Å². The molecule has 1 aromatic carbocycles. The van der Waals surface area contributed by atoms with Crippen LogP contribution < -0.4 is 5.32 Å². The molecule has 2 aliphatic rings. The molecule has 4 rings (SSSR count). The lowest BCUT2D eigenvalue weighted by molar-refractivity contribution is -0.137. The summed E-state index contributed by atoms with van der Waals surface area (Å²) in [5.74, 6) is 0.549. The molecule has 2 unspecified atom stereocenters. The second kappa shape index (κ2) is 6.87. The maximum absolute atomic E-state index is 13.4. The number of hydrogen-bond donors (Lipinski definition) is 1. The Hall–Kier alpha value is -3.43. The van der Waals surface area contributed by atoms with Gasteiger partial charge in [0.05, 0.1) is 23.5 Å². The van der Waals surface area contributed by atoms with Crippen LogP contribution in [0.5, 0.6) is 0 Å². The zero-order valence-corrected chi connectivity index (χ0v) is 15.6. The lowest BCUT2D eigenvalue weighted by atomic mass is 10.0. The number of amidine groups is 1. The van der Waals surface area contributed by atoms with E-state index in [0.29, 0.717) is 11.7 Å². The molecule has 150 valence electrons. The number of halogens is 3. The van der Waals surface area contributed by atoms with E-state index >= 15 is 0 Å². The van der Waals surface area contributed by atoms with Crippen molar-refractivity contribution in [3.8, 4) is 0 Å². The predicted octanol–water partition coefficient (Wildman–Crippen LogP) is 2.82. The third-order valence-corrected chi connectivity index (χ3v) is 4.75. The molecule has 1 N–H and O–H groups in total. The van der Waals surface area contributed by atoms with E-state index in [1.54, 1.807) is 32.3 Å². The molecule has 29 heavy (non-hydrogen) atoms. The number of aromatic nitrogens is 2. The molecule has 1 aromatic heterocycles. The van der Waals surface area contributed by atoms with Crippen LogP contribution in [0.3, 0.4) is 0 Å². The molecule has 0 saturated heterocycles. The molecule has 0 saturated carbocycles. The average molecular weight is 402 g/mol. The zero-order valence-electron chi connectivity index (χ0n) is 15.6. The molecule has 1 amide bonds. The van der Waals surface area contributed by atoms with Crippen molar-refractivity contribution in [2.75, 3.05) is 5.32 Å². The summed E-state index contributed by atoms with van der Waals surface area (Å²) < 4.78 is 41.7. The van der Waals surface area contributed by atoms with E-state index in [0.717, 1.165) is 6.07 Å². The van der Waals surface area contributed by atoms with Crippen LogP contribution in [0, 0.1) is 0 Å². The molecule has 3 heterocycles. The van der Waals surface area contributed by atoms with Gasteiger partial charge in [-0.25, -0.2) is 5.01 Å². The Balaban J connectivity index is 1.67. The van der Waals surface area contributed by atoms with Gasteiger partial charge >= 0.3 is 6.18 Å². The summed E-state index contributed by atoms with van der Waals surface area (Å²) in [7, 11) is 1.68. The molecular formula is C19H17F3N6O. The average Bonchev–Trinajstić information content (AvgIpc) is 3.22. The van der Waals surface area contributed by atoms with E-state index in [1.165, 1.54) is 34.0 Å². The number of nitrogens with one attached hydrogen (secondary N) is 1. The van der Waals surface area contributed by atoms with Gasteiger partial charge in [-0.15, -0.1) is 0 Å². The van der Waals surface area contributed by atoms with Crippen LogP contribution in [-0.2, 0) is 18.0 Å². The number of rotatable bonds is 3. The van der Waals surface area contributed by atoms with Gasteiger partial charge in [0.25, 0.3) is 5.91 Å². The van der Waals surface area contributed by atoms with Crippen molar-refractivity contribution in [1.29, 1.82) is 0 Å².